The molecule has 1 heterocycles. The molecule has 3 heteroatoms. The normalized spacial score (nSPS) is 13.8. The highest BCUT2D eigenvalue weighted by Gasteiger charge is 2.37. The van der Waals surface area contributed by atoms with Gasteiger partial charge < -0.3 is 9.15 Å². The summed E-state index contributed by atoms with van der Waals surface area (Å²) in [5.74, 6) is 0.559. The van der Waals surface area contributed by atoms with E-state index in [4.69, 9.17) is 9.15 Å². The highest BCUT2D eigenvalue weighted by Crippen LogP contribution is 2.30. The van der Waals surface area contributed by atoms with Crippen molar-refractivity contribution in [1.29, 1.82) is 0 Å². The third-order valence-electron chi connectivity index (χ3n) is 3.49. The maximum absolute atomic E-state index is 12.4. The van der Waals surface area contributed by atoms with Crippen LogP contribution in [0.3, 0.4) is 0 Å². The molecule has 0 saturated carbocycles. The molecule has 0 aliphatic carbocycles. The molecule has 0 aliphatic heterocycles. The van der Waals surface area contributed by atoms with Crippen molar-refractivity contribution in [1.82, 2.24) is 0 Å². The van der Waals surface area contributed by atoms with Gasteiger partial charge in [-0.05, 0) is 38.5 Å². The number of hydrogen-bond donors (Lipinski definition) is 0. The van der Waals surface area contributed by atoms with Gasteiger partial charge in [0.2, 0.25) is 0 Å². The standard InChI is InChI=1S/C17H20O3/c1-4-19-16(18)17(3,12-15-9-6-10-20-15)14-8-5-7-13(2)11-14/h5-11H,4,12H2,1-3H3. The molecule has 0 radical (unpaired) electrons. The fourth-order valence-corrected chi connectivity index (χ4v) is 2.33. The summed E-state index contributed by atoms with van der Waals surface area (Å²) in [5, 5.41) is 0. The molecule has 0 bridgehead atoms. The third-order valence-corrected chi connectivity index (χ3v) is 3.49. The van der Waals surface area contributed by atoms with Crippen molar-refractivity contribution in [3.8, 4) is 0 Å². The lowest BCUT2D eigenvalue weighted by atomic mass is 9.78. The highest BCUT2D eigenvalue weighted by atomic mass is 16.5. The molecular weight excluding hydrogens is 252 g/mol. The molecular formula is C17H20O3. The molecule has 1 atom stereocenters. The van der Waals surface area contributed by atoms with Crippen LogP contribution in [0.5, 0.6) is 0 Å². The van der Waals surface area contributed by atoms with Crippen LogP contribution in [0.2, 0.25) is 0 Å². The van der Waals surface area contributed by atoms with E-state index >= 15 is 0 Å². The maximum atomic E-state index is 12.4. The van der Waals surface area contributed by atoms with Gasteiger partial charge in [-0.3, -0.25) is 4.79 Å². The fourth-order valence-electron chi connectivity index (χ4n) is 2.33. The Morgan fingerprint density at radius 1 is 1.30 bits per heavy atom. The number of furan rings is 1. The number of carbonyl (C=O) groups is 1. The van der Waals surface area contributed by atoms with E-state index in [-0.39, 0.29) is 5.97 Å². The molecule has 0 fully saturated rings. The van der Waals surface area contributed by atoms with E-state index in [1.165, 1.54) is 0 Å². The Hall–Kier alpha value is -2.03. The minimum atomic E-state index is -0.736. The van der Waals surface area contributed by atoms with Crippen molar-refractivity contribution in [2.24, 2.45) is 0 Å². The van der Waals surface area contributed by atoms with E-state index in [0.29, 0.717) is 13.0 Å². The molecule has 2 rings (SSSR count). The minimum Gasteiger partial charge on any atom is -0.469 e. The zero-order valence-electron chi connectivity index (χ0n) is 12.2. The Bertz CT molecular complexity index is 572. The molecule has 3 nitrogen and oxygen atoms in total. The van der Waals surface area contributed by atoms with Crippen molar-refractivity contribution in [2.75, 3.05) is 6.61 Å². The Labute approximate surface area is 119 Å². The summed E-state index contributed by atoms with van der Waals surface area (Å²) in [4.78, 5) is 12.4. The summed E-state index contributed by atoms with van der Waals surface area (Å²) < 4.78 is 10.7. The van der Waals surface area contributed by atoms with Crippen LogP contribution in [0.4, 0.5) is 0 Å². The van der Waals surface area contributed by atoms with E-state index in [2.05, 4.69) is 0 Å². The Morgan fingerprint density at radius 3 is 2.70 bits per heavy atom. The van der Waals surface area contributed by atoms with Crippen LogP contribution in [-0.4, -0.2) is 12.6 Å². The highest BCUT2D eigenvalue weighted by molar-refractivity contribution is 5.83. The summed E-state index contributed by atoms with van der Waals surface area (Å²) in [7, 11) is 0. The Morgan fingerprint density at radius 2 is 2.10 bits per heavy atom. The molecule has 20 heavy (non-hydrogen) atoms. The lowest BCUT2D eigenvalue weighted by molar-refractivity contribution is -0.149. The Kier molecular flexibility index (Phi) is 4.28. The monoisotopic (exact) mass is 272 g/mol. The van der Waals surface area contributed by atoms with Crippen LogP contribution in [0, 0.1) is 6.92 Å². The number of aryl methyl sites for hydroxylation is 1. The first kappa shape index (κ1) is 14.4. The smallest absolute Gasteiger partial charge is 0.316 e. The lowest BCUT2D eigenvalue weighted by Crippen LogP contribution is -2.36. The average molecular weight is 272 g/mol. The maximum Gasteiger partial charge on any atom is 0.316 e. The number of ether oxygens (including phenoxy) is 1. The number of hydrogen-bond acceptors (Lipinski definition) is 3. The largest absolute Gasteiger partial charge is 0.469 e. The molecule has 106 valence electrons. The molecule has 0 spiro atoms. The van der Waals surface area contributed by atoms with Gasteiger partial charge in [0.25, 0.3) is 0 Å². The van der Waals surface area contributed by atoms with E-state index in [0.717, 1.165) is 16.9 Å². The molecule has 0 aliphatic rings. The summed E-state index contributed by atoms with van der Waals surface area (Å²) in [6.45, 7) is 6.12. The van der Waals surface area contributed by atoms with Crippen LogP contribution in [-0.2, 0) is 21.4 Å². The van der Waals surface area contributed by atoms with E-state index in [1.54, 1.807) is 6.26 Å². The van der Waals surface area contributed by atoms with Crippen LogP contribution < -0.4 is 0 Å². The van der Waals surface area contributed by atoms with Crippen molar-refractivity contribution in [3.05, 3.63) is 59.5 Å². The molecule has 1 unspecified atom stereocenters. The quantitative estimate of drug-likeness (QED) is 0.780. The van der Waals surface area contributed by atoms with E-state index in [9.17, 15) is 4.79 Å². The number of carbonyl (C=O) groups excluding carboxylic acids is 1. The predicted molar refractivity (Wildman–Crippen MR) is 77.6 cm³/mol. The molecule has 0 N–H and O–H groups in total. The summed E-state index contributed by atoms with van der Waals surface area (Å²) in [5.41, 5.74) is 1.34. The molecule has 2 aromatic rings. The zero-order chi connectivity index (χ0) is 14.6. The number of esters is 1. The van der Waals surface area contributed by atoms with Gasteiger partial charge in [0.15, 0.2) is 0 Å². The van der Waals surface area contributed by atoms with Gasteiger partial charge in [0.1, 0.15) is 5.76 Å². The van der Waals surface area contributed by atoms with Crippen molar-refractivity contribution < 1.29 is 13.9 Å². The summed E-state index contributed by atoms with van der Waals surface area (Å²) in [6.07, 6.45) is 2.11. The molecule has 1 aromatic heterocycles. The third kappa shape index (κ3) is 2.93. The van der Waals surface area contributed by atoms with Gasteiger partial charge in [-0.1, -0.05) is 29.8 Å². The van der Waals surface area contributed by atoms with Crippen LogP contribution >= 0.6 is 0 Å². The number of benzene rings is 1. The topological polar surface area (TPSA) is 39.4 Å². The molecule has 0 amide bonds. The second-order valence-corrected chi connectivity index (χ2v) is 5.18. The van der Waals surface area contributed by atoms with Gasteiger partial charge >= 0.3 is 5.97 Å². The van der Waals surface area contributed by atoms with Crippen molar-refractivity contribution >= 4 is 5.97 Å². The van der Waals surface area contributed by atoms with Gasteiger partial charge in [-0.25, -0.2) is 0 Å². The van der Waals surface area contributed by atoms with Gasteiger partial charge in [0, 0.05) is 6.42 Å². The minimum absolute atomic E-state index is 0.220. The first-order valence-electron chi connectivity index (χ1n) is 6.83. The first-order valence-corrected chi connectivity index (χ1v) is 6.83. The molecule has 1 aromatic carbocycles. The average Bonchev–Trinajstić information content (AvgIpc) is 2.91. The van der Waals surface area contributed by atoms with Crippen LogP contribution in [0.15, 0.2) is 47.1 Å². The predicted octanol–water partition coefficient (Wildman–Crippen LogP) is 3.65. The second-order valence-electron chi connectivity index (χ2n) is 5.18. The fraction of sp³-hybridized carbons (Fsp3) is 0.353. The zero-order valence-corrected chi connectivity index (χ0v) is 12.2. The lowest BCUT2D eigenvalue weighted by Gasteiger charge is -2.27. The second kappa shape index (κ2) is 5.95. The van der Waals surface area contributed by atoms with Gasteiger partial charge in [-0.15, -0.1) is 0 Å². The van der Waals surface area contributed by atoms with E-state index in [1.807, 2.05) is 57.2 Å². The SMILES string of the molecule is CCOC(=O)C(C)(Cc1ccco1)c1cccc(C)c1. The summed E-state index contributed by atoms with van der Waals surface area (Å²) >= 11 is 0. The molecule has 0 saturated heterocycles. The van der Waals surface area contributed by atoms with Crippen molar-refractivity contribution in [2.45, 2.75) is 32.6 Å². The van der Waals surface area contributed by atoms with E-state index < -0.39 is 5.41 Å². The summed E-state index contributed by atoms with van der Waals surface area (Å²) in [6, 6.07) is 11.7. The first-order chi connectivity index (χ1) is 9.56. The van der Waals surface area contributed by atoms with Crippen LogP contribution in [0.25, 0.3) is 0 Å². The van der Waals surface area contributed by atoms with Gasteiger partial charge in [-0.2, -0.15) is 0 Å². The van der Waals surface area contributed by atoms with Gasteiger partial charge in [0.05, 0.1) is 18.3 Å². The van der Waals surface area contributed by atoms with Crippen LogP contribution in [0.1, 0.15) is 30.7 Å². The number of rotatable bonds is 5. The Balaban J connectivity index is 2.40. The van der Waals surface area contributed by atoms with Crippen molar-refractivity contribution in [3.63, 3.8) is 0 Å².